The minimum Gasteiger partial charge on any atom is -0.376 e. The molecule has 1 N–H and O–H groups in total. The van der Waals surface area contributed by atoms with Gasteiger partial charge < -0.3 is 4.74 Å². The molecule has 0 saturated carbocycles. The van der Waals surface area contributed by atoms with Gasteiger partial charge in [0.25, 0.3) is 0 Å². The molecule has 1 aliphatic rings. The summed E-state index contributed by atoms with van der Waals surface area (Å²) in [5, 5.41) is 0. The van der Waals surface area contributed by atoms with Crippen molar-refractivity contribution in [2.24, 2.45) is 0 Å². The van der Waals surface area contributed by atoms with Crippen LogP contribution in [0.5, 0.6) is 0 Å². The molecule has 1 aromatic rings. The van der Waals surface area contributed by atoms with E-state index in [1.54, 1.807) is 31.0 Å². The number of ether oxygens (including phenoxy) is 1. The third kappa shape index (κ3) is 4.00. The molecule has 0 amide bonds. The van der Waals surface area contributed by atoms with Crippen LogP contribution in [0.4, 0.5) is 0 Å². The van der Waals surface area contributed by atoms with E-state index in [9.17, 15) is 8.42 Å². The van der Waals surface area contributed by atoms with Crippen molar-refractivity contribution in [3.8, 4) is 0 Å². The second kappa shape index (κ2) is 6.69. The molecule has 1 fully saturated rings. The molecule has 0 bridgehead atoms. The molecule has 1 atom stereocenters. The first-order chi connectivity index (χ1) is 9.88. The van der Waals surface area contributed by atoms with Crippen LogP contribution >= 0.6 is 11.8 Å². The first kappa shape index (κ1) is 16.8. The normalized spacial score (nSPS) is 22.9. The fraction of sp³-hybridized carbons (Fsp3) is 0.600. The number of rotatable bonds is 6. The second-order valence-corrected chi connectivity index (χ2v) is 8.61. The zero-order valence-corrected chi connectivity index (χ0v) is 14.4. The zero-order valence-electron chi connectivity index (χ0n) is 12.8. The molecular formula is C15H23NO3S2. The van der Waals surface area contributed by atoms with E-state index in [-0.39, 0.29) is 5.60 Å². The Balaban J connectivity index is 2.07. The fourth-order valence-corrected chi connectivity index (χ4v) is 4.81. The number of hydrogen-bond acceptors (Lipinski definition) is 4. The first-order valence-electron chi connectivity index (χ1n) is 7.11. The average molecular weight is 329 g/mol. The van der Waals surface area contributed by atoms with Gasteiger partial charge in [-0.15, -0.1) is 0 Å². The summed E-state index contributed by atoms with van der Waals surface area (Å²) in [6, 6.07) is 7.08. The SMILES string of the molecule is COC1(CNS(=O)(=O)c2ccc(C(C)C)cc2)CCSC1. The summed E-state index contributed by atoms with van der Waals surface area (Å²) in [6.45, 7) is 4.49. The molecule has 1 aromatic carbocycles. The van der Waals surface area contributed by atoms with Gasteiger partial charge in [-0.05, 0) is 35.8 Å². The van der Waals surface area contributed by atoms with E-state index in [0.29, 0.717) is 17.4 Å². The Labute approximate surface area is 131 Å². The van der Waals surface area contributed by atoms with E-state index >= 15 is 0 Å². The molecule has 0 aliphatic carbocycles. The number of hydrogen-bond donors (Lipinski definition) is 1. The highest BCUT2D eigenvalue weighted by molar-refractivity contribution is 7.99. The minimum absolute atomic E-state index is 0.309. The number of thioether (sulfide) groups is 1. The quantitative estimate of drug-likeness (QED) is 0.871. The molecule has 0 spiro atoms. The molecule has 1 saturated heterocycles. The Hall–Kier alpha value is -0.560. The first-order valence-corrected chi connectivity index (χ1v) is 9.75. The van der Waals surface area contributed by atoms with Crippen molar-refractivity contribution >= 4 is 21.8 Å². The lowest BCUT2D eigenvalue weighted by molar-refractivity contribution is 0.0179. The van der Waals surface area contributed by atoms with Gasteiger partial charge in [0.1, 0.15) is 0 Å². The topological polar surface area (TPSA) is 55.4 Å². The van der Waals surface area contributed by atoms with Gasteiger partial charge in [-0.3, -0.25) is 0 Å². The van der Waals surface area contributed by atoms with Crippen LogP contribution in [0.1, 0.15) is 31.7 Å². The Morgan fingerprint density at radius 2 is 2.00 bits per heavy atom. The van der Waals surface area contributed by atoms with Crippen LogP contribution in [0.3, 0.4) is 0 Å². The summed E-state index contributed by atoms with van der Waals surface area (Å²) in [5.41, 5.74) is 0.768. The number of sulfonamides is 1. The molecule has 6 heteroatoms. The van der Waals surface area contributed by atoms with Crippen molar-refractivity contribution in [3.63, 3.8) is 0 Å². The molecular weight excluding hydrogens is 306 g/mol. The Kier molecular flexibility index (Phi) is 5.35. The van der Waals surface area contributed by atoms with Crippen LogP contribution in [0.2, 0.25) is 0 Å². The van der Waals surface area contributed by atoms with Gasteiger partial charge in [0.2, 0.25) is 10.0 Å². The molecule has 2 rings (SSSR count). The number of nitrogens with one attached hydrogen (secondary N) is 1. The van der Waals surface area contributed by atoms with E-state index in [2.05, 4.69) is 18.6 Å². The van der Waals surface area contributed by atoms with E-state index in [1.807, 2.05) is 12.1 Å². The van der Waals surface area contributed by atoms with Crippen LogP contribution in [0.15, 0.2) is 29.2 Å². The van der Waals surface area contributed by atoms with Crippen molar-refractivity contribution < 1.29 is 13.2 Å². The van der Waals surface area contributed by atoms with E-state index < -0.39 is 10.0 Å². The van der Waals surface area contributed by atoms with Crippen LogP contribution in [0.25, 0.3) is 0 Å². The summed E-state index contributed by atoms with van der Waals surface area (Å²) < 4.78 is 32.9. The average Bonchev–Trinajstić information content (AvgIpc) is 2.95. The van der Waals surface area contributed by atoms with E-state index in [4.69, 9.17) is 4.74 Å². The third-order valence-electron chi connectivity index (χ3n) is 3.94. The summed E-state index contributed by atoms with van der Waals surface area (Å²) >= 11 is 1.80. The van der Waals surface area contributed by atoms with Gasteiger partial charge in [0.05, 0.1) is 10.5 Å². The maximum absolute atomic E-state index is 12.4. The molecule has 1 heterocycles. The maximum Gasteiger partial charge on any atom is 0.240 e. The van der Waals surface area contributed by atoms with Crippen LogP contribution in [-0.2, 0) is 14.8 Å². The molecule has 0 radical (unpaired) electrons. The number of benzene rings is 1. The molecule has 4 nitrogen and oxygen atoms in total. The lowest BCUT2D eigenvalue weighted by Gasteiger charge is -2.26. The molecule has 1 aliphatic heterocycles. The summed E-state index contributed by atoms with van der Waals surface area (Å²) in [5.74, 6) is 2.23. The predicted octanol–water partition coefficient (Wildman–Crippen LogP) is 2.61. The molecule has 21 heavy (non-hydrogen) atoms. The predicted molar refractivity (Wildman–Crippen MR) is 87.4 cm³/mol. The van der Waals surface area contributed by atoms with Crippen molar-refractivity contribution in [3.05, 3.63) is 29.8 Å². The van der Waals surface area contributed by atoms with Gasteiger partial charge in [-0.2, -0.15) is 11.8 Å². The standard InChI is InChI=1S/C15H23NO3S2/c1-12(2)13-4-6-14(7-5-13)21(17,18)16-10-15(19-3)8-9-20-11-15/h4-7,12,16H,8-11H2,1-3H3. The largest absolute Gasteiger partial charge is 0.376 e. The number of methoxy groups -OCH3 is 1. The smallest absolute Gasteiger partial charge is 0.240 e. The van der Waals surface area contributed by atoms with Crippen LogP contribution in [-0.4, -0.2) is 39.2 Å². The van der Waals surface area contributed by atoms with E-state index in [1.165, 1.54) is 0 Å². The Morgan fingerprint density at radius 1 is 1.33 bits per heavy atom. The highest BCUT2D eigenvalue weighted by atomic mass is 32.2. The van der Waals surface area contributed by atoms with Crippen molar-refractivity contribution in [1.82, 2.24) is 4.72 Å². The molecule has 1 unspecified atom stereocenters. The van der Waals surface area contributed by atoms with E-state index in [0.717, 1.165) is 23.5 Å². The van der Waals surface area contributed by atoms with Gasteiger partial charge >= 0.3 is 0 Å². The Bertz CT molecular complexity index is 561. The van der Waals surface area contributed by atoms with Crippen molar-refractivity contribution in [2.45, 2.75) is 36.7 Å². The summed E-state index contributed by atoms with van der Waals surface area (Å²) in [6.07, 6.45) is 0.878. The lowest BCUT2D eigenvalue weighted by atomic mass is 10.0. The van der Waals surface area contributed by atoms with Gasteiger partial charge in [-0.1, -0.05) is 26.0 Å². The fourth-order valence-electron chi connectivity index (χ4n) is 2.30. The van der Waals surface area contributed by atoms with Crippen molar-refractivity contribution in [1.29, 1.82) is 0 Å². The second-order valence-electron chi connectivity index (χ2n) is 5.74. The summed E-state index contributed by atoms with van der Waals surface area (Å²) in [7, 11) is -1.83. The van der Waals surface area contributed by atoms with Crippen molar-refractivity contribution in [2.75, 3.05) is 25.2 Å². The maximum atomic E-state index is 12.4. The van der Waals surface area contributed by atoms with Gasteiger partial charge in [0.15, 0.2) is 0 Å². The zero-order chi connectivity index (χ0) is 15.5. The monoisotopic (exact) mass is 329 g/mol. The van der Waals surface area contributed by atoms with Crippen LogP contribution < -0.4 is 4.72 Å². The lowest BCUT2D eigenvalue weighted by Crippen LogP contribution is -2.44. The van der Waals surface area contributed by atoms with Gasteiger partial charge in [0, 0.05) is 19.4 Å². The van der Waals surface area contributed by atoms with Gasteiger partial charge in [-0.25, -0.2) is 13.1 Å². The van der Waals surface area contributed by atoms with Crippen LogP contribution in [0, 0.1) is 0 Å². The molecule has 118 valence electrons. The Morgan fingerprint density at radius 3 is 2.48 bits per heavy atom. The summed E-state index contributed by atoms with van der Waals surface area (Å²) in [4.78, 5) is 0.309. The minimum atomic E-state index is -3.48. The third-order valence-corrected chi connectivity index (χ3v) is 6.58. The molecule has 0 aromatic heterocycles. The highest BCUT2D eigenvalue weighted by Gasteiger charge is 2.35. The highest BCUT2D eigenvalue weighted by Crippen LogP contribution is 2.30.